The maximum absolute atomic E-state index is 14.2. The lowest BCUT2D eigenvalue weighted by Crippen LogP contribution is -2.26. The van der Waals surface area contributed by atoms with Crippen LogP contribution in [0.3, 0.4) is 0 Å². The van der Waals surface area contributed by atoms with E-state index in [4.69, 9.17) is 4.74 Å². The van der Waals surface area contributed by atoms with Crippen molar-refractivity contribution < 1.29 is 50.5 Å². The van der Waals surface area contributed by atoms with Crippen molar-refractivity contribution in [3.8, 4) is 23.1 Å². The second-order valence-electron chi connectivity index (χ2n) is 10.2. The van der Waals surface area contributed by atoms with E-state index in [1.807, 2.05) is 0 Å². The first kappa shape index (κ1) is 29.8. The molecule has 0 N–H and O–H groups in total. The Morgan fingerprint density at radius 3 is 2.53 bits per heavy atom. The molecule has 45 heavy (non-hydrogen) atoms. The highest BCUT2D eigenvalue weighted by Crippen LogP contribution is 2.44. The molecule has 15 heteroatoms. The summed E-state index contributed by atoms with van der Waals surface area (Å²) in [5.74, 6) is -1.56. The van der Waals surface area contributed by atoms with Gasteiger partial charge in [0.25, 0.3) is 5.91 Å². The monoisotopic (exact) mass is 630 g/mol. The van der Waals surface area contributed by atoms with E-state index in [1.54, 1.807) is 0 Å². The first-order valence-electron chi connectivity index (χ1n) is 13.5. The molecule has 1 atom stereocenters. The predicted octanol–water partition coefficient (Wildman–Crippen LogP) is 6.13. The van der Waals surface area contributed by atoms with Crippen LogP contribution < -0.4 is 19.1 Å². The van der Waals surface area contributed by atoms with Gasteiger partial charge in [0, 0.05) is 42.2 Å². The van der Waals surface area contributed by atoms with Crippen molar-refractivity contribution in [3.63, 3.8) is 0 Å². The molecule has 0 fully saturated rings. The summed E-state index contributed by atoms with van der Waals surface area (Å²) in [5.41, 5.74) is -0.312. The summed E-state index contributed by atoms with van der Waals surface area (Å²) in [6, 6.07) is 12.5. The van der Waals surface area contributed by atoms with E-state index in [0.717, 1.165) is 4.68 Å². The predicted molar refractivity (Wildman–Crippen MR) is 146 cm³/mol. The number of rotatable bonds is 6. The number of carbonyl (C=O) groups is 2. The molecule has 2 aromatic heterocycles. The summed E-state index contributed by atoms with van der Waals surface area (Å²) >= 11 is 0. The number of esters is 1. The maximum Gasteiger partial charge on any atom is 0.586 e. The van der Waals surface area contributed by atoms with Crippen molar-refractivity contribution in [1.82, 2.24) is 14.8 Å². The fourth-order valence-corrected chi connectivity index (χ4v) is 5.24. The Morgan fingerprint density at radius 2 is 1.82 bits per heavy atom. The van der Waals surface area contributed by atoms with Crippen LogP contribution in [0.2, 0.25) is 0 Å². The number of methoxy groups -OCH3 is 1. The summed E-state index contributed by atoms with van der Waals surface area (Å²) in [5, 5.41) is 3.93. The van der Waals surface area contributed by atoms with Crippen molar-refractivity contribution in [2.24, 2.45) is 0 Å². The van der Waals surface area contributed by atoms with Gasteiger partial charge in [0.05, 0.1) is 24.1 Å². The van der Waals surface area contributed by atoms with Gasteiger partial charge in [0.1, 0.15) is 6.10 Å². The number of hydrogen-bond donors (Lipinski definition) is 0. The number of ether oxygens (including phenoxy) is 4. The van der Waals surface area contributed by atoms with E-state index in [9.17, 15) is 31.5 Å². The standard InChI is InChI=1S/C30H23F5N4O6/c1-38(18-10-11-21-23(14-18)45-30(34,35)44-21)27(40)16-5-3-6-19(13-16)39-25-20(26(37-39)29(31,32)33)7-4-8-22(25)43-24-12-9-17(15-36-24)28(41)42-2/h3,5-6,9-15,22H,4,7-8H2,1-2H3. The van der Waals surface area contributed by atoms with Crippen LogP contribution in [0.15, 0.2) is 60.8 Å². The topological polar surface area (TPSA) is 105 Å². The molecular weight excluding hydrogens is 607 g/mol. The second-order valence-corrected chi connectivity index (χ2v) is 10.2. The smallest absolute Gasteiger partial charge is 0.468 e. The van der Waals surface area contributed by atoms with Crippen LogP contribution in [-0.2, 0) is 17.3 Å². The van der Waals surface area contributed by atoms with Gasteiger partial charge in [-0.15, -0.1) is 8.78 Å². The van der Waals surface area contributed by atoms with Gasteiger partial charge in [-0.05, 0) is 55.7 Å². The Kier molecular flexibility index (Phi) is 7.33. The number of carbonyl (C=O) groups excluding carboxylic acids is 2. The maximum atomic E-state index is 14.2. The van der Waals surface area contributed by atoms with Crippen molar-refractivity contribution >= 4 is 17.6 Å². The minimum absolute atomic E-state index is 0.0315. The molecule has 1 amide bonds. The molecule has 10 nitrogen and oxygen atoms in total. The van der Waals surface area contributed by atoms with Gasteiger partial charge in [0.2, 0.25) is 5.88 Å². The van der Waals surface area contributed by atoms with Crippen molar-refractivity contribution in [3.05, 3.63) is 88.9 Å². The average molecular weight is 631 g/mol. The van der Waals surface area contributed by atoms with E-state index >= 15 is 0 Å². The highest BCUT2D eigenvalue weighted by atomic mass is 19.4. The molecular formula is C30H23F5N4O6. The Labute approximate surface area is 251 Å². The number of nitrogens with zero attached hydrogens (tertiary/aromatic N) is 4. The summed E-state index contributed by atoms with van der Waals surface area (Å²) in [6.45, 7) is 0. The first-order chi connectivity index (χ1) is 21.3. The zero-order valence-electron chi connectivity index (χ0n) is 23.6. The highest BCUT2D eigenvalue weighted by Gasteiger charge is 2.44. The third-order valence-electron chi connectivity index (χ3n) is 7.32. The van der Waals surface area contributed by atoms with Gasteiger partial charge in [-0.25, -0.2) is 14.5 Å². The number of halogens is 5. The molecule has 2 aliphatic rings. The number of fused-ring (bicyclic) bond motifs is 2. The van der Waals surface area contributed by atoms with Crippen LogP contribution >= 0.6 is 0 Å². The Morgan fingerprint density at radius 1 is 1.04 bits per heavy atom. The van der Waals surface area contributed by atoms with Crippen LogP contribution in [0.25, 0.3) is 5.69 Å². The SMILES string of the molecule is COC(=O)c1ccc(OC2CCCc3c(C(F)(F)F)nn(-c4cccc(C(=O)N(C)c5ccc6c(c5)OC(F)(F)O6)c4)c32)nc1. The Hall–Kier alpha value is -5.21. The lowest BCUT2D eigenvalue weighted by atomic mass is 9.93. The van der Waals surface area contributed by atoms with Crippen molar-refractivity contribution in [2.45, 2.75) is 37.8 Å². The molecule has 4 aromatic rings. The van der Waals surface area contributed by atoms with Crippen molar-refractivity contribution in [2.75, 3.05) is 19.1 Å². The lowest BCUT2D eigenvalue weighted by molar-refractivity contribution is -0.286. The Balaban J connectivity index is 1.33. The lowest BCUT2D eigenvalue weighted by Gasteiger charge is -2.25. The molecule has 6 rings (SSSR count). The molecule has 0 saturated heterocycles. The quantitative estimate of drug-likeness (QED) is 0.185. The van der Waals surface area contributed by atoms with Crippen LogP contribution in [0.1, 0.15) is 56.6 Å². The van der Waals surface area contributed by atoms with Crippen LogP contribution in [0.5, 0.6) is 17.4 Å². The molecule has 0 bridgehead atoms. The van der Waals surface area contributed by atoms with Crippen LogP contribution in [-0.4, -0.2) is 47.1 Å². The van der Waals surface area contributed by atoms with Gasteiger partial charge in [-0.3, -0.25) is 4.79 Å². The second kappa shape index (κ2) is 11.1. The molecule has 1 aliphatic carbocycles. The van der Waals surface area contributed by atoms with Gasteiger partial charge in [-0.1, -0.05) is 6.07 Å². The largest absolute Gasteiger partial charge is 0.586 e. The van der Waals surface area contributed by atoms with E-state index in [1.165, 1.54) is 79.9 Å². The average Bonchev–Trinajstić information content (AvgIpc) is 3.57. The molecule has 234 valence electrons. The number of benzene rings is 2. The Bertz CT molecular complexity index is 1790. The zero-order chi connectivity index (χ0) is 32.1. The molecule has 3 heterocycles. The number of alkyl halides is 5. The minimum Gasteiger partial charge on any atom is -0.468 e. The van der Waals surface area contributed by atoms with E-state index in [-0.39, 0.29) is 57.6 Å². The number of hydrogen-bond acceptors (Lipinski definition) is 8. The van der Waals surface area contributed by atoms with Gasteiger partial charge >= 0.3 is 18.4 Å². The normalized spacial score (nSPS) is 16.6. The van der Waals surface area contributed by atoms with E-state index < -0.39 is 36.1 Å². The molecule has 2 aromatic carbocycles. The molecule has 0 radical (unpaired) electrons. The van der Waals surface area contributed by atoms with Crippen LogP contribution in [0, 0.1) is 0 Å². The fraction of sp³-hybridized carbons (Fsp3) is 0.267. The number of aromatic nitrogens is 3. The number of anilines is 1. The van der Waals surface area contributed by atoms with E-state index in [2.05, 4.69) is 24.3 Å². The summed E-state index contributed by atoms with van der Waals surface area (Å²) in [4.78, 5) is 30.5. The summed E-state index contributed by atoms with van der Waals surface area (Å²) in [6.07, 6.45) is -7.41. The minimum atomic E-state index is -4.76. The van der Waals surface area contributed by atoms with Gasteiger partial charge in [0.15, 0.2) is 17.2 Å². The zero-order valence-corrected chi connectivity index (χ0v) is 23.6. The third-order valence-corrected chi connectivity index (χ3v) is 7.32. The highest BCUT2D eigenvalue weighted by molar-refractivity contribution is 6.06. The molecule has 0 saturated carbocycles. The molecule has 0 spiro atoms. The van der Waals surface area contributed by atoms with Crippen molar-refractivity contribution in [1.29, 1.82) is 0 Å². The first-order valence-corrected chi connectivity index (χ1v) is 13.5. The number of pyridine rings is 1. The molecule has 1 aliphatic heterocycles. The van der Waals surface area contributed by atoms with E-state index in [0.29, 0.717) is 12.8 Å². The fourth-order valence-electron chi connectivity index (χ4n) is 5.24. The number of amides is 1. The van der Waals surface area contributed by atoms with Gasteiger partial charge in [-0.2, -0.15) is 18.3 Å². The van der Waals surface area contributed by atoms with Crippen LogP contribution in [0.4, 0.5) is 27.6 Å². The molecule has 1 unspecified atom stereocenters. The van der Waals surface area contributed by atoms with Gasteiger partial charge < -0.3 is 23.8 Å². The third kappa shape index (κ3) is 5.72. The summed E-state index contributed by atoms with van der Waals surface area (Å²) in [7, 11) is 2.63. The summed E-state index contributed by atoms with van der Waals surface area (Å²) < 4.78 is 90.1.